The van der Waals surface area contributed by atoms with Gasteiger partial charge in [0, 0.05) is 0 Å². The van der Waals surface area contributed by atoms with Gasteiger partial charge >= 0.3 is 0 Å². The van der Waals surface area contributed by atoms with Crippen molar-refractivity contribution in [1.29, 1.82) is 0 Å². The summed E-state index contributed by atoms with van der Waals surface area (Å²) in [6.07, 6.45) is 6.83. The topological polar surface area (TPSA) is 0 Å². The van der Waals surface area contributed by atoms with Crippen molar-refractivity contribution < 1.29 is 0 Å². The fraction of sp³-hybridized carbons (Fsp3) is 0.0435. The van der Waals surface area contributed by atoms with Gasteiger partial charge in [0.15, 0.2) is 0 Å². The molecule has 0 radical (unpaired) electrons. The summed E-state index contributed by atoms with van der Waals surface area (Å²) < 4.78 is 0. The molecule has 0 spiro atoms. The van der Waals surface area contributed by atoms with E-state index in [2.05, 4.69) is 32.9 Å². The lowest BCUT2D eigenvalue weighted by atomic mass is 10.2. The molecule has 0 heteroatoms. The first-order valence-corrected chi connectivity index (χ1v) is 7.31. The molecule has 0 saturated carbocycles. The molecule has 2 aromatic carbocycles. The molecular formula is C23H28. The predicted molar refractivity (Wildman–Crippen MR) is 108 cm³/mol. The van der Waals surface area contributed by atoms with Crippen molar-refractivity contribution in [2.45, 2.75) is 6.92 Å². The SMILES string of the molecule is C=CC(=C)C.C=CC=C.C=Cc1ccccc1.c1ccccc1. The lowest BCUT2D eigenvalue weighted by Gasteiger charge is -1.85. The van der Waals surface area contributed by atoms with Gasteiger partial charge in [-0.25, -0.2) is 0 Å². The van der Waals surface area contributed by atoms with Crippen LogP contribution in [0.4, 0.5) is 0 Å². The second kappa shape index (κ2) is 19.1. The second-order valence-electron chi connectivity index (χ2n) is 4.29. The van der Waals surface area contributed by atoms with E-state index < -0.39 is 0 Å². The molecule has 0 aliphatic rings. The lowest BCUT2D eigenvalue weighted by Crippen LogP contribution is -1.63. The summed E-state index contributed by atoms with van der Waals surface area (Å²) in [5.41, 5.74) is 2.19. The van der Waals surface area contributed by atoms with Crippen molar-refractivity contribution in [2.75, 3.05) is 0 Å². The fourth-order valence-corrected chi connectivity index (χ4v) is 0.974. The largest absolute Gasteiger partial charge is 0.0991 e. The summed E-state index contributed by atoms with van der Waals surface area (Å²) in [7, 11) is 0. The summed E-state index contributed by atoms with van der Waals surface area (Å²) in [6, 6.07) is 22.0. The van der Waals surface area contributed by atoms with Gasteiger partial charge in [0.25, 0.3) is 0 Å². The molecule has 0 fully saturated rings. The van der Waals surface area contributed by atoms with E-state index in [1.54, 1.807) is 18.2 Å². The molecule has 23 heavy (non-hydrogen) atoms. The highest BCUT2D eigenvalue weighted by Crippen LogP contribution is 1.97. The molecule has 0 atom stereocenters. The van der Waals surface area contributed by atoms with Crippen molar-refractivity contribution >= 4 is 6.08 Å². The third-order valence-corrected chi connectivity index (χ3v) is 2.22. The van der Waals surface area contributed by atoms with E-state index in [0.29, 0.717) is 0 Å². The van der Waals surface area contributed by atoms with Gasteiger partial charge in [0.2, 0.25) is 0 Å². The summed E-state index contributed by atoms with van der Waals surface area (Å²) in [5.74, 6) is 0. The van der Waals surface area contributed by atoms with Crippen molar-refractivity contribution in [1.82, 2.24) is 0 Å². The first-order valence-electron chi connectivity index (χ1n) is 7.31. The number of benzene rings is 2. The zero-order valence-electron chi connectivity index (χ0n) is 14.2. The Morgan fingerprint density at radius 1 is 0.696 bits per heavy atom. The summed E-state index contributed by atoms with van der Waals surface area (Å²) in [5, 5.41) is 0. The maximum atomic E-state index is 3.63. The minimum absolute atomic E-state index is 1.02. The average Bonchev–Trinajstić information content (AvgIpc) is 2.65. The molecule has 2 rings (SSSR count). The second-order valence-corrected chi connectivity index (χ2v) is 4.29. The number of rotatable bonds is 3. The van der Waals surface area contributed by atoms with E-state index in [0.717, 1.165) is 5.57 Å². The highest BCUT2D eigenvalue weighted by Gasteiger charge is 1.75. The molecule has 120 valence electrons. The van der Waals surface area contributed by atoms with Crippen LogP contribution in [-0.4, -0.2) is 0 Å². The zero-order valence-corrected chi connectivity index (χ0v) is 14.2. The van der Waals surface area contributed by atoms with E-state index in [1.165, 1.54) is 5.56 Å². The van der Waals surface area contributed by atoms with E-state index >= 15 is 0 Å². The van der Waals surface area contributed by atoms with Crippen LogP contribution in [0.3, 0.4) is 0 Å². The molecular weight excluding hydrogens is 276 g/mol. The Morgan fingerprint density at radius 2 is 1.00 bits per heavy atom. The Kier molecular flexibility index (Phi) is 18.7. The van der Waals surface area contributed by atoms with Crippen molar-refractivity contribution in [2.24, 2.45) is 0 Å². The number of hydrogen-bond donors (Lipinski definition) is 0. The van der Waals surface area contributed by atoms with Crippen LogP contribution in [0.15, 0.2) is 123 Å². The van der Waals surface area contributed by atoms with E-state index in [1.807, 2.05) is 79.7 Å². The maximum Gasteiger partial charge on any atom is -0.0263 e. The van der Waals surface area contributed by atoms with Crippen LogP contribution in [-0.2, 0) is 0 Å². The quantitative estimate of drug-likeness (QED) is 0.529. The lowest BCUT2D eigenvalue weighted by molar-refractivity contribution is 1.58. The van der Waals surface area contributed by atoms with Gasteiger partial charge in [-0.15, -0.1) is 0 Å². The minimum Gasteiger partial charge on any atom is -0.0991 e. The van der Waals surface area contributed by atoms with E-state index in [9.17, 15) is 0 Å². The third kappa shape index (κ3) is 21.6. The van der Waals surface area contributed by atoms with Gasteiger partial charge in [0.05, 0.1) is 0 Å². The Bertz CT molecular complexity index is 500. The molecule has 0 aliphatic heterocycles. The number of allylic oxidation sites excluding steroid dienone is 4. The molecule has 0 saturated heterocycles. The van der Waals surface area contributed by atoms with Gasteiger partial charge in [-0.3, -0.25) is 0 Å². The number of hydrogen-bond acceptors (Lipinski definition) is 0. The van der Waals surface area contributed by atoms with Crippen molar-refractivity contribution in [3.8, 4) is 0 Å². The smallest absolute Gasteiger partial charge is 0.0263 e. The van der Waals surface area contributed by atoms with Crippen molar-refractivity contribution in [3.05, 3.63) is 129 Å². The standard InChI is InChI=1S/C8H8.C6H6.C5H8.C4H6/c1-2-8-6-4-3-5-7-8;1-2-4-6-5-3-1;1-4-5(2)3;1-3-4-2/h2-7H,1H2;1-6H;4H,1-2H2,3H3;3-4H,1-2H2. The first-order chi connectivity index (χ1) is 11.1. The molecule has 0 unspecified atom stereocenters. The molecule has 0 amide bonds. The maximum absolute atomic E-state index is 3.63. The normalized spacial score (nSPS) is 7.35. The van der Waals surface area contributed by atoms with Gasteiger partial charge < -0.3 is 0 Å². The van der Waals surface area contributed by atoms with Gasteiger partial charge in [-0.05, 0) is 12.5 Å². The summed E-state index contributed by atoms with van der Waals surface area (Å²) in [4.78, 5) is 0. The Labute approximate surface area is 142 Å². The molecule has 0 heterocycles. The Balaban J connectivity index is 0. The highest BCUT2D eigenvalue weighted by molar-refractivity contribution is 5.45. The first kappa shape index (κ1) is 22.4. The third-order valence-electron chi connectivity index (χ3n) is 2.22. The molecule has 2 aromatic rings. The molecule has 0 nitrogen and oxygen atoms in total. The van der Waals surface area contributed by atoms with Gasteiger partial charge in [-0.2, -0.15) is 0 Å². The van der Waals surface area contributed by atoms with Crippen LogP contribution in [0.5, 0.6) is 0 Å². The van der Waals surface area contributed by atoms with Crippen LogP contribution < -0.4 is 0 Å². The Hall–Kier alpha value is -2.86. The van der Waals surface area contributed by atoms with Crippen LogP contribution in [0.2, 0.25) is 0 Å². The average molecular weight is 304 g/mol. The van der Waals surface area contributed by atoms with E-state index in [4.69, 9.17) is 0 Å². The summed E-state index contributed by atoms with van der Waals surface area (Å²) >= 11 is 0. The van der Waals surface area contributed by atoms with Crippen LogP contribution in [0.25, 0.3) is 6.08 Å². The molecule has 0 aliphatic carbocycles. The zero-order chi connectivity index (χ0) is 17.8. The molecule has 0 aromatic heterocycles. The Morgan fingerprint density at radius 3 is 1.17 bits per heavy atom. The van der Waals surface area contributed by atoms with Crippen molar-refractivity contribution in [3.63, 3.8) is 0 Å². The highest BCUT2D eigenvalue weighted by atomic mass is 13.8. The van der Waals surface area contributed by atoms with E-state index in [-0.39, 0.29) is 0 Å². The predicted octanol–water partition coefficient (Wildman–Crippen LogP) is 7.12. The van der Waals surface area contributed by atoms with Gasteiger partial charge in [0.1, 0.15) is 0 Å². The van der Waals surface area contributed by atoms with Crippen LogP contribution >= 0.6 is 0 Å². The monoisotopic (exact) mass is 304 g/mol. The summed E-state index contributed by atoms with van der Waals surface area (Å²) in [6.45, 7) is 19.3. The van der Waals surface area contributed by atoms with Gasteiger partial charge in [-0.1, -0.05) is 130 Å². The fourth-order valence-electron chi connectivity index (χ4n) is 0.974. The van der Waals surface area contributed by atoms with Crippen LogP contribution in [0.1, 0.15) is 12.5 Å². The molecule has 0 N–H and O–H groups in total. The van der Waals surface area contributed by atoms with Crippen LogP contribution in [0, 0.1) is 0 Å². The molecule has 0 bridgehead atoms. The minimum atomic E-state index is 1.02.